The summed E-state index contributed by atoms with van der Waals surface area (Å²) in [5.41, 5.74) is 2.19. The Kier molecular flexibility index (Phi) is 6.69. The molecule has 0 spiro atoms. The number of hydrogen-bond acceptors (Lipinski definition) is 5. The van der Waals surface area contributed by atoms with E-state index in [-0.39, 0.29) is 0 Å². The third-order valence-corrected chi connectivity index (χ3v) is 5.20. The first-order valence-electron chi connectivity index (χ1n) is 9.17. The van der Waals surface area contributed by atoms with E-state index in [1.54, 1.807) is 21.3 Å². The van der Waals surface area contributed by atoms with Crippen molar-refractivity contribution in [1.82, 2.24) is 4.90 Å². The van der Waals surface area contributed by atoms with Crippen molar-refractivity contribution in [2.75, 3.05) is 39.7 Å². The van der Waals surface area contributed by atoms with Crippen LogP contribution in [0.5, 0.6) is 17.2 Å². The van der Waals surface area contributed by atoms with Gasteiger partial charge in [-0.25, -0.2) is 0 Å². The van der Waals surface area contributed by atoms with E-state index in [4.69, 9.17) is 25.8 Å². The summed E-state index contributed by atoms with van der Waals surface area (Å²) in [6, 6.07) is 12.4. The van der Waals surface area contributed by atoms with Gasteiger partial charge >= 0.3 is 0 Å². The molecule has 6 heteroatoms. The summed E-state index contributed by atoms with van der Waals surface area (Å²) in [4.78, 5) is 2.44. The minimum absolute atomic E-state index is 0.465. The lowest BCUT2D eigenvalue weighted by Gasteiger charge is -2.33. The molecular weight excluding hydrogens is 364 g/mol. The second-order valence-corrected chi connectivity index (χ2v) is 7.13. The van der Waals surface area contributed by atoms with E-state index in [9.17, 15) is 0 Å². The minimum Gasteiger partial charge on any atom is -0.493 e. The molecule has 1 aliphatic rings. The molecule has 1 aliphatic heterocycles. The molecular formula is C21H27ClN2O3. The van der Waals surface area contributed by atoms with Crippen LogP contribution in [0.4, 0.5) is 5.69 Å². The topological polar surface area (TPSA) is 43.0 Å². The highest BCUT2D eigenvalue weighted by Gasteiger charge is 2.22. The maximum atomic E-state index is 6.07. The maximum Gasteiger partial charge on any atom is 0.203 e. The van der Waals surface area contributed by atoms with Gasteiger partial charge in [0, 0.05) is 41.9 Å². The summed E-state index contributed by atoms with van der Waals surface area (Å²) >= 11 is 6.07. The van der Waals surface area contributed by atoms with E-state index < -0.39 is 0 Å². The molecule has 0 bridgehead atoms. The quantitative estimate of drug-likeness (QED) is 0.756. The van der Waals surface area contributed by atoms with Crippen molar-refractivity contribution in [2.24, 2.45) is 0 Å². The van der Waals surface area contributed by atoms with Gasteiger partial charge in [0.15, 0.2) is 11.5 Å². The number of benzene rings is 2. The van der Waals surface area contributed by atoms with Gasteiger partial charge in [-0.15, -0.1) is 0 Å². The molecule has 3 rings (SSSR count). The molecule has 2 aromatic carbocycles. The van der Waals surface area contributed by atoms with Crippen molar-refractivity contribution in [3.05, 3.63) is 47.0 Å². The second-order valence-electron chi connectivity index (χ2n) is 6.70. The van der Waals surface area contributed by atoms with Gasteiger partial charge in [-0.2, -0.15) is 0 Å². The number of ether oxygens (including phenoxy) is 3. The summed E-state index contributed by atoms with van der Waals surface area (Å²) in [6.45, 7) is 2.87. The molecule has 27 heavy (non-hydrogen) atoms. The number of hydrogen-bond donors (Lipinski definition) is 1. The van der Waals surface area contributed by atoms with Crippen LogP contribution in [0.2, 0.25) is 5.02 Å². The number of piperidine rings is 1. The Labute approximate surface area is 166 Å². The largest absolute Gasteiger partial charge is 0.493 e. The highest BCUT2D eigenvalue weighted by molar-refractivity contribution is 6.30. The molecule has 0 aromatic heterocycles. The average Bonchev–Trinajstić information content (AvgIpc) is 2.69. The number of anilines is 1. The molecule has 0 unspecified atom stereocenters. The van der Waals surface area contributed by atoms with E-state index in [2.05, 4.69) is 22.3 Å². The number of nitrogens with zero attached hydrogens (tertiary/aromatic N) is 1. The van der Waals surface area contributed by atoms with E-state index in [1.807, 2.05) is 24.3 Å². The SMILES string of the molecule is COc1ccc(CN2CCC(Nc3cccc(Cl)c3)CC2)c(OC)c1OC. The van der Waals surface area contributed by atoms with Crippen LogP contribution >= 0.6 is 11.6 Å². The molecule has 2 aromatic rings. The molecule has 1 N–H and O–H groups in total. The first-order chi connectivity index (χ1) is 13.1. The third kappa shape index (κ3) is 4.79. The monoisotopic (exact) mass is 390 g/mol. The first-order valence-corrected chi connectivity index (χ1v) is 9.54. The Morgan fingerprint density at radius 3 is 2.37 bits per heavy atom. The minimum atomic E-state index is 0.465. The molecule has 0 aliphatic carbocycles. The van der Waals surface area contributed by atoms with Crippen LogP contribution in [0.25, 0.3) is 0 Å². The number of methoxy groups -OCH3 is 3. The fourth-order valence-corrected chi connectivity index (χ4v) is 3.77. The lowest BCUT2D eigenvalue weighted by atomic mass is 10.0. The predicted octanol–water partition coefficient (Wildman–Crippen LogP) is 4.44. The number of halogens is 1. The van der Waals surface area contributed by atoms with Gasteiger partial charge in [0.25, 0.3) is 0 Å². The Hall–Kier alpha value is -2.11. The summed E-state index contributed by atoms with van der Waals surface area (Å²) in [6.07, 6.45) is 2.17. The van der Waals surface area contributed by atoms with Gasteiger partial charge in [0.2, 0.25) is 5.75 Å². The van der Waals surface area contributed by atoms with E-state index in [0.717, 1.165) is 54.5 Å². The molecule has 1 saturated heterocycles. The third-order valence-electron chi connectivity index (χ3n) is 4.96. The molecule has 5 nitrogen and oxygen atoms in total. The molecule has 1 fully saturated rings. The Bertz CT molecular complexity index is 761. The van der Waals surface area contributed by atoms with Gasteiger partial charge in [-0.1, -0.05) is 23.7 Å². The van der Waals surface area contributed by atoms with E-state index in [0.29, 0.717) is 17.5 Å². The van der Waals surface area contributed by atoms with Crippen molar-refractivity contribution in [2.45, 2.75) is 25.4 Å². The number of nitrogens with one attached hydrogen (secondary N) is 1. The average molecular weight is 391 g/mol. The Morgan fingerprint density at radius 1 is 1.00 bits per heavy atom. The normalized spacial score (nSPS) is 15.4. The lowest BCUT2D eigenvalue weighted by Crippen LogP contribution is -2.38. The maximum absolute atomic E-state index is 6.07. The van der Waals surface area contributed by atoms with Crippen LogP contribution in [-0.2, 0) is 6.54 Å². The van der Waals surface area contributed by atoms with Crippen molar-refractivity contribution in [3.63, 3.8) is 0 Å². The molecule has 0 radical (unpaired) electrons. The molecule has 0 atom stereocenters. The second kappa shape index (κ2) is 9.20. The van der Waals surface area contributed by atoms with Crippen LogP contribution in [0, 0.1) is 0 Å². The zero-order valence-corrected chi connectivity index (χ0v) is 16.9. The summed E-state index contributed by atoms with van der Waals surface area (Å²) in [7, 11) is 4.94. The summed E-state index contributed by atoms with van der Waals surface area (Å²) < 4.78 is 16.5. The van der Waals surface area contributed by atoms with E-state index >= 15 is 0 Å². The van der Waals surface area contributed by atoms with Crippen LogP contribution in [0.15, 0.2) is 36.4 Å². The highest BCUT2D eigenvalue weighted by atomic mass is 35.5. The van der Waals surface area contributed by atoms with Crippen LogP contribution in [0.3, 0.4) is 0 Å². The molecule has 146 valence electrons. The van der Waals surface area contributed by atoms with Gasteiger partial charge in [-0.3, -0.25) is 4.90 Å². The fraction of sp³-hybridized carbons (Fsp3) is 0.429. The van der Waals surface area contributed by atoms with Gasteiger partial charge in [-0.05, 0) is 37.1 Å². The standard InChI is InChI=1S/C21H27ClN2O3/c1-25-19-8-7-15(20(26-2)21(19)27-3)14-24-11-9-17(10-12-24)23-18-6-4-5-16(22)13-18/h4-8,13,17,23H,9-12,14H2,1-3H3. The summed E-state index contributed by atoms with van der Waals surface area (Å²) in [5.74, 6) is 2.08. The Morgan fingerprint density at radius 2 is 1.74 bits per heavy atom. The van der Waals surface area contributed by atoms with Crippen molar-refractivity contribution in [1.29, 1.82) is 0 Å². The van der Waals surface area contributed by atoms with Crippen molar-refractivity contribution >= 4 is 17.3 Å². The zero-order chi connectivity index (χ0) is 19.2. The smallest absolute Gasteiger partial charge is 0.203 e. The predicted molar refractivity (Wildman–Crippen MR) is 109 cm³/mol. The first kappa shape index (κ1) is 19.6. The lowest BCUT2D eigenvalue weighted by molar-refractivity contribution is 0.208. The zero-order valence-electron chi connectivity index (χ0n) is 16.1. The molecule has 0 saturated carbocycles. The van der Waals surface area contributed by atoms with Crippen molar-refractivity contribution in [3.8, 4) is 17.2 Å². The van der Waals surface area contributed by atoms with E-state index in [1.165, 1.54) is 0 Å². The van der Waals surface area contributed by atoms with Crippen LogP contribution < -0.4 is 19.5 Å². The fourth-order valence-electron chi connectivity index (χ4n) is 3.58. The summed E-state index contributed by atoms with van der Waals surface area (Å²) in [5, 5.41) is 4.35. The number of likely N-dealkylation sites (tertiary alicyclic amines) is 1. The molecule has 0 amide bonds. The van der Waals surface area contributed by atoms with Crippen molar-refractivity contribution < 1.29 is 14.2 Å². The van der Waals surface area contributed by atoms with Gasteiger partial charge in [0.1, 0.15) is 0 Å². The highest BCUT2D eigenvalue weighted by Crippen LogP contribution is 2.40. The molecule has 1 heterocycles. The number of rotatable bonds is 7. The van der Waals surface area contributed by atoms with Crippen LogP contribution in [-0.4, -0.2) is 45.4 Å². The van der Waals surface area contributed by atoms with Gasteiger partial charge in [0.05, 0.1) is 21.3 Å². The van der Waals surface area contributed by atoms with Gasteiger partial charge < -0.3 is 19.5 Å². The van der Waals surface area contributed by atoms with Crippen LogP contribution in [0.1, 0.15) is 18.4 Å². The Balaban J connectivity index is 1.61.